The Bertz CT molecular complexity index is 150. The van der Waals surface area contributed by atoms with Crippen LogP contribution in [0.1, 0.15) is 6.92 Å². The maximum Gasteiger partial charge on any atom is 0.374 e. The van der Waals surface area contributed by atoms with E-state index in [1.165, 1.54) is 19.4 Å². The molecule has 0 aliphatic carbocycles. The van der Waals surface area contributed by atoms with Crippen LogP contribution in [0.3, 0.4) is 0 Å². The highest BCUT2D eigenvalue weighted by Crippen LogP contribution is 2.26. The van der Waals surface area contributed by atoms with Crippen molar-refractivity contribution in [3.8, 4) is 0 Å². The van der Waals surface area contributed by atoms with Crippen molar-refractivity contribution in [2.75, 3.05) is 7.11 Å². The molecule has 0 N–H and O–H groups in total. The average molecular weight is 163 g/mol. The fraction of sp³-hybridized carbons (Fsp3) is 0.600. The van der Waals surface area contributed by atoms with E-state index in [0.717, 1.165) is 11.8 Å². The number of ether oxygens (including phenoxy) is 1. The molecule has 0 amide bonds. The molecule has 0 rings (SSSR count). The summed E-state index contributed by atoms with van der Waals surface area (Å²) in [5.41, 5.74) is 0. The summed E-state index contributed by atoms with van der Waals surface area (Å²) in [6.07, 6.45) is 0. The van der Waals surface area contributed by atoms with E-state index in [9.17, 15) is 10.1 Å². The smallest absolute Gasteiger partial charge is 0.309 e. The Morgan fingerprint density at radius 1 is 1.90 bits per heavy atom. The number of nitro groups is 1. The lowest BCUT2D eigenvalue weighted by atomic mass is 10.7. The number of methoxy groups -OCH3 is 1. The summed E-state index contributed by atoms with van der Waals surface area (Å²) in [6, 6.07) is 0. The average Bonchev–Trinajstić information content (AvgIpc) is 1.88. The van der Waals surface area contributed by atoms with E-state index in [2.05, 4.69) is 11.3 Å². The van der Waals surface area contributed by atoms with Crippen LogP contribution in [0.4, 0.5) is 0 Å². The number of hydrogen-bond acceptors (Lipinski definition) is 4. The van der Waals surface area contributed by atoms with Gasteiger partial charge in [-0.05, 0) is 17.2 Å². The monoisotopic (exact) mass is 163 g/mol. The first kappa shape index (κ1) is 9.45. The van der Waals surface area contributed by atoms with Crippen LogP contribution in [-0.4, -0.2) is 17.1 Å². The van der Waals surface area contributed by atoms with Gasteiger partial charge in [0.1, 0.15) is 0 Å². The van der Waals surface area contributed by atoms with Gasteiger partial charge in [-0.1, -0.05) is 6.58 Å². The maximum atomic E-state index is 10.3. The van der Waals surface area contributed by atoms with Gasteiger partial charge < -0.3 is 4.74 Å². The van der Waals surface area contributed by atoms with E-state index in [-0.39, 0.29) is 0 Å². The third-order valence-corrected chi connectivity index (χ3v) is 1.93. The zero-order valence-electron chi connectivity index (χ0n) is 5.86. The molecule has 0 aliphatic heterocycles. The molecule has 0 saturated heterocycles. The lowest BCUT2D eigenvalue weighted by Crippen LogP contribution is -2.32. The van der Waals surface area contributed by atoms with E-state index in [1.807, 2.05) is 0 Å². The molecule has 0 radical (unpaired) electrons. The Balaban J connectivity index is 4.21. The van der Waals surface area contributed by atoms with Gasteiger partial charge in [-0.15, -0.1) is 0 Å². The van der Waals surface area contributed by atoms with Gasteiger partial charge in [0.25, 0.3) is 0 Å². The lowest BCUT2D eigenvalue weighted by molar-refractivity contribution is -0.586. The van der Waals surface area contributed by atoms with E-state index in [1.54, 1.807) is 0 Å². The molecule has 1 unspecified atom stereocenters. The second-order valence-electron chi connectivity index (χ2n) is 1.64. The fourth-order valence-corrected chi connectivity index (χ4v) is 0.812. The molecule has 58 valence electrons. The molecule has 0 aromatic rings. The van der Waals surface area contributed by atoms with E-state index < -0.39 is 9.98 Å². The highest BCUT2D eigenvalue weighted by atomic mass is 32.2. The van der Waals surface area contributed by atoms with E-state index >= 15 is 0 Å². The molecule has 0 saturated carbocycles. The van der Waals surface area contributed by atoms with Gasteiger partial charge in [0, 0.05) is 14.0 Å². The molecule has 0 bridgehead atoms. The third kappa shape index (κ3) is 2.00. The molecule has 0 heterocycles. The van der Waals surface area contributed by atoms with Crippen LogP contribution in [0.5, 0.6) is 0 Å². The first-order chi connectivity index (χ1) is 4.56. The predicted molar refractivity (Wildman–Crippen MR) is 40.2 cm³/mol. The zero-order valence-corrected chi connectivity index (χ0v) is 6.68. The minimum Gasteiger partial charge on any atom is -0.309 e. The molecule has 0 fully saturated rings. The fourth-order valence-electron chi connectivity index (χ4n) is 0.320. The van der Waals surface area contributed by atoms with Crippen molar-refractivity contribution in [3.05, 3.63) is 22.1 Å². The van der Waals surface area contributed by atoms with Crippen LogP contribution in [-0.2, 0) is 4.74 Å². The molecule has 4 nitrogen and oxygen atoms in total. The van der Waals surface area contributed by atoms with Crippen molar-refractivity contribution in [1.29, 1.82) is 0 Å². The van der Waals surface area contributed by atoms with Crippen LogP contribution < -0.4 is 0 Å². The number of hydrogen-bond donors (Lipinski definition) is 0. The van der Waals surface area contributed by atoms with E-state index in [4.69, 9.17) is 0 Å². The van der Waals surface area contributed by atoms with Crippen molar-refractivity contribution in [2.24, 2.45) is 0 Å². The standard InChI is InChI=1S/C5H9NO3S/c1-4-10-5(2,9-3)6(7)8/h4H,1H2,2-3H3. The Morgan fingerprint density at radius 2 is 2.40 bits per heavy atom. The molecule has 10 heavy (non-hydrogen) atoms. The van der Waals surface area contributed by atoms with Gasteiger partial charge in [-0.2, -0.15) is 0 Å². The Labute approximate surface area is 63.4 Å². The van der Waals surface area contributed by atoms with E-state index in [0.29, 0.717) is 0 Å². The summed E-state index contributed by atoms with van der Waals surface area (Å²) >= 11 is 0.929. The largest absolute Gasteiger partial charge is 0.374 e. The normalized spacial score (nSPS) is 15.8. The van der Waals surface area contributed by atoms with Gasteiger partial charge in [0.05, 0.1) is 4.92 Å². The lowest BCUT2D eigenvalue weighted by Gasteiger charge is -2.14. The van der Waals surface area contributed by atoms with Gasteiger partial charge in [-0.3, -0.25) is 10.1 Å². The second-order valence-corrected chi connectivity index (χ2v) is 2.97. The Morgan fingerprint density at radius 3 is 2.50 bits per heavy atom. The predicted octanol–water partition coefficient (Wildman–Crippen LogP) is 1.46. The molecular formula is C5H9NO3S. The molecule has 0 aliphatic rings. The van der Waals surface area contributed by atoms with Gasteiger partial charge in [-0.25, -0.2) is 0 Å². The Hall–Kier alpha value is -0.550. The maximum absolute atomic E-state index is 10.3. The molecule has 0 aromatic heterocycles. The van der Waals surface area contributed by atoms with Crippen LogP contribution in [0, 0.1) is 10.1 Å². The summed E-state index contributed by atoms with van der Waals surface area (Å²) < 4.78 is 4.63. The van der Waals surface area contributed by atoms with Gasteiger partial charge in [0.2, 0.25) is 0 Å². The van der Waals surface area contributed by atoms with Crippen molar-refractivity contribution in [2.45, 2.75) is 12.0 Å². The highest BCUT2D eigenvalue weighted by Gasteiger charge is 2.36. The first-order valence-electron chi connectivity index (χ1n) is 2.55. The summed E-state index contributed by atoms with van der Waals surface area (Å²) in [4.78, 5) is 9.75. The summed E-state index contributed by atoms with van der Waals surface area (Å²) in [6.45, 7) is 4.73. The summed E-state index contributed by atoms with van der Waals surface area (Å²) in [5, 5.41) is 10.2. The number of rotatable bonds is 4. The highest BCUT2D eigenvalue weighted by molar-refractivity contribution is 8.03. The number of thioether (sulfide) groups is 1. The van der Waals surface area contributed by atoms with Crippen LogP contribution in [0.2, 0.25) is 0 Å². The Kier molecular flexibility index (Phi) is 3.38. The SMILES string of the molecule is C=CSC(C)(OC)[N+](=O)[O-]. The molecule has 1 atom stereocenters. The molecular weight excluding hydrogens is 154 g/mol. The summed E-state index contributed by atoms with van der Waals surface area (Å²) in [7, 11) is 1.29. The van der Waals surface area contributed by atoms with Crippen molar-refractivity contribution < 1.29 is 9.66 Å². The summed E-state index contributed by atoms with van der Waals surface area (Å²) in [5.74, 6) is 0. The van der Waals surface area contributed by atoms with Crippen LogP contribution in [0.25, 0.3) is 0 Å². The van der Waals surface area contributed by atoms with Crippen molar-refractivity contribution in [1.82, 2.24) is 0 Å². The molecule has 0 spiro atoms. The van der Waals surface area contributed by atoms with Gasteiger partial charge in [0.15, 0.2) is 0 Å². The molecule has 5 heteroatoms. The minimum absolute atomic E-state index is 0.501. The van der Waals surface area contributed by atoms with Crippen LogP contribution >= 0.6 is 11.8 Å². The zero-order chi connectivity index (χ0) is 8.20. The quantitative estimate of drug-likeness (QED) is 0.357. The topological polar surface area (TPSA) is 52.4 Å². The third-order valence-electron chi connectivity index (χ3n) is 1.01. The van der Waals surface area contributed by atoms with Crippen molar-refractivity contribution in [3.63, 3.8) is 0 Å². The van der Waals surface area contributed by atoms with Crippen LogP contribution in [0.15, 0.2) is 12.0 Å². The molecule has 0 aromatic carbocycles. The minimum atomic E-state index is -1.39. The number of nitrogens with zero attached hydrogens (tertiary/aromatic N) is 1. The van der Waals surface area contributed by atoms with Gasteiger partial charge >= 0.3 is 5.06 Å². The van der Waals surface area contributed by atoms with Crippen molar-refractivity contribution >= 4 is 11.8 Å². The first-order valence-corrected chi connectivity index (χ1v) is 3.43. The second kappa shape index (κ2) is 3.58.